The molecule has 2 heterocycles. The number of ether oxygens (including phenoxy) is 1. The Kier molecular flexibility index (Phi) is 3.63. The number of alkyl halides is 5. The summed E-state index contributed by atoms with van der Waals surface area (Å²) in [6, 6.07) is 8.19. The van der Waals surface area contributed by atoms with Crippen LogP contribution in [0.2, 0.25) is 0 Å². The number of aromatic nitrogens is 3. The number of nitrogens with zero attached hydrogens (tertiary/aromatic N) is 3. The van der Waals surface area contributed by atoms with Gasteiger partial charge in [-0.2, -0.15) is 0 Å². The Morgan fingerprint density at radius 2 is 1.57 bits per heavy atom. The number of rotatable bonds is 3. The Bertz CT molecular complexity index is 827. The molecule has 1 aromatic carbocycles. The third-order valence-electron chi connectivity index (χ3n) is 3.05. The number of benzene rings is 1. The molecule has 0 radical (unpaired) electrons. The van der Waals surface area contributed by atoms with Crippen LogP contribution in [0.4, 0.5) is 22.0 Å². The molecule has 23 heavy (non-hydrogen) atoms. The zero-order valence-corrected chi connectivity index (χ0v) is 11.3. The van der Waals surface area contributed by atoms with E-state index in [1.165, 1.54) is 24.4 Å². The second-order valence-electron chi connectivity index (χ2n) is 4.58. The van der Waals surface area contributed by atoms with Crippen molar-refractivity contribution in [3.63, 3.8) is 0 Å². The summed E-state index contributed by atoms with van der Waals surface area (Å²) in [4.78, 5) is 0. The second kappa shape index (κ2) is 5.49. The van der Waals surface area contributed by atoms with Crippen molar-refractivity contribution in [3.05, 3.63) is 48.4 Å². The molecule has 0 saturated heterocycles. The van der Waals surface area contributed by atoms with Crippen LogP contribution in [0.3, 0.4) is 0 Å². The fourth-order valence-corrected chi connectivity index (χ4v) is 2.08. The molecule has 0 atom stereocenters. The molecule has 120 valence electrons. The predicted molar refractivity (Wildman–Crippen MR) is 70.1 cm³/mol. The number of hydrogen-bond donors (Lipinski definition) is 0. The van der Waals surface area contributed by atoms with E-state index < -0.39 is 18.6 Å². The first-order valence-corrected chi connectivity index (χ1v) is 6.32. The maximum atomic E-state index is 12.8. The van der Waals surface area contributed by atoms with Crippen molar-refractivity contribution >= 4 is 5.65 Å². The summed E-state index contributed by atoms with van der Waals surface area (Å²) >= 11 is 0. The number of halogens is 5. The van der Waals surface area contributed by atoms with Crippen LogP contribution >= 0.6 is 0 Å². The zero-order valence-electron chi connectivity index (χ0n) is 11.3. The lowest BCUT2D eigenvalue weighted by molar-refractivity contribution is -0.274. The molecule has 0 fully saturated rings. The molecular weight excluding hydrogens is 321 g/mol. The van der Waals surface area contributed by atoms with Crippen molar-refractivity contribution in [2.24, 2.45) is 0 Å². The fourth-order valence-electron chi connectivity index (χ4n) is 2.08. The quantitative estimate of drug-likeness (QED) is 0.675. The van der Waals surface area contributed by atoms with E-state index in [1.807, 2.05) is 0 Å². The molecule has 0 aliphatic rings. The highest BCUT2D eigenvalue weighted by atomic mass is 19.4. The minimum atomic E-state index is -4.77. The van der Waals surface area contributed by atoms with Gasteiger partial charge in [-0.25, -0.2) is 8.78 Å². The van der Waals surface area contributed by atoms with Crippen LogP contribution in [0.1, 0.15) is 12.2 Å². The minimum Gasteiger partial charge on any atom is -0.406 e. The van der Waals surface area contributed by atoms with Gasteiger partial charge in [0, 0.05) is 6.20 Å². The van der Waals surface area contributed by atoms with Crippen LogP contribution in [-0.2, 0) is 0 Å². The molecule has 0 saturated carbocycles. The highest BCUT2D eigenvalue weighted by molar-refractivity contribution is 5.65. The molecule has 0 unspecified atom stereocenters. The minimum absolute atomic E-state index is 0.251. The molecule has 3 rings (SSSR count). The first-order valence-electron chi connectivity index (χ1n) is 6.32. The molecule has 0 N–H and O–H groups in total. The largest absolute Gasteiger partial charge is 0.573 e. The van der Waals surface area contributed by atoms with Crippen molar-refractivity contribution < 1.29 is 26.7 Å². The third kappa shape index (κ3) is 3.22. The van der Waals surface area contributed by atoms with Gasteiger partial charge in [-0.15, -0.1) is 23.4 Å². The Labute approximate surface area is 126 Å². The zero-order chi connectivity index (χ0) is 16.6. The van der Waals surface area contributed by atoms with E-state index in [-0.39, 0.29) is 11.4 Å². The lowest BCUT2D eigenvalue weighted by Gasteiger charge is -2.09. The van der Waals surface area contributed by atoms with Gasteiger partial charge in [-0.05, 0) is 35.4 Å². The molecule has 0 aliphatic carbocycles. The molecule has 0 aliphatic heterocycles. The van der Waals surface area contributed by atoms with Crippen LogP contribution in [0.5, 0.6) is 5.75 Å². The number of hydrogen-bond acceptors (Lipinski definition) is 3. The fraction of sp³-hybridized carbons (Fsp3) is 0.143. The van der Waals surface area contributed by atoms with E-state index in [4.69, 9.17) is 0 Å². The van der Waals surface area contributed by atoms with E-state index in [0.29, 0.717) is 11.1 Å². The van der Waals surface area contributed by atoms with E-state index in [1.54, 1.807) is 6.07 Å². The van der Waals surface area contributed by atoms with Crippen LogP contribution < -0.4 is 4.74 Å². The van der Waals surface area contributed by atoms with Crippen molar-refractivity contribution in [3.8, 4) is 16.9 Å². The van der Waals surface area contributed by atoms with Crippen molar-refractivity contribution in [1.29, 1.82) is 0 Å². The Morgan fingerprint density at radius 3 is 2.17 bits per heavy atom. The van der Waals surface area contributed by atoms with Crippen LogP contribution in [0.15, 0.2) is 42.6 Å². The van der Waals surface area contributed by atoms with Gasteiger partial charge in [-0.1, -0.05) is 12.1 Å². The molecule has 0 amide bonds. The van der Waals surface area contributed by atoms with Gasteiger partial charge < -0.3 is 4.74 Å². The smallest absolute Gasteiger partial charge is 0.406 e. The second-order valence-corrected chi connectivity index (χ2v) is 4.58. The lowest BCUT2D eigenvalue weighted by Crippen LogP contribution is -2.16. The van der Waals surface area contributed by atoms with Crippen molar-refractivity contribution in [1.82, 2.24) is 14.6 Å². The van der Waals surface area contributed by atoms with Gasteiger partial charge >= 0.3 is 6.36 Å². The van der Waals surface area contributed by atoms with Gasteiger partial charge in [0.1, 0.15) is 5.75 Å². The summed E-state index contributed by atoms with van der Waals surface area (Å²) in [5.41, 5.74) is 1.31. The Balaban J connectivity index is 1.95. The van der Waals surface area contributed by atoms with Gasteiger partial charge in [0.05, 0.1) is 0 Å². The monoisotopic (exact) mass is 329 g/mol. The first-order chi connectivity index (χ1) is 10.8. The Hall–Kier alpha value is -2.71. The summed E-state index contributed by atoms with van der Waals surface area (Å²) in [5, 5.41) is 7.02. The number of pyridine rings is 1. The van der Waals surface area contributed by atoms with Crippen molar-refractivity contribution in [2.75, 3.05) is 0 Å². The van der Waals surface area contributed by atoms with E-state index >= 15 is 0 Å². The Morgan fingerprint density at radius 1 is 0.913 bits per heavy atom. The average Bonchev–Trinajstić information content (AvgIpc) is 2.89. The predicted octanol–water partition coefficient (Wildman–Crippen LogP) is 4.23. The standard InChI is InChI=1S/C14H8F5N3O/c15-12(16)13-21-20-11-6-3-9(7-22(11)13)8-1-4-10(5-2-8)23-14(17,18)19/h1-7,12H. The summed E-state index contributed by atoms with van der Waals surface area (Å²) in [5.74, 6) is -0.862. The van der Waals surface area contributed by atoms with Gasteiger partial charge in [0.2, 0.25) is 5.82 Å². The average molecular weight is 329 g/mol. The summed E-state index contributed by atoms with van der Waals surface area (Å²) < 4.78 is 66.9. The molecule has 0 bridgehead atoms. The lowest BCUT2D eigenvalue weighted by atomic mass is 10.1. The molecule has 9 heteroatoms. The topological polar surface area (TPSA) is 39.4 Å². The van der Waals surface area contributed by atoms with E-state index in [0.717, 1.165) is 16.5 Å². The highest BCUT2D eigenvalue weighted by Gasteiger charge is 2.30. The van der Waals surface area contributed by atoms with Gasteiger partial charge in [-0.3, -0.25) is 4.40 Å². The molecular formula is C14H8F5N3O. The highest BCUT2D eigenvalue weighted by Crippen LogP contribution is 2.27. The van der Waals surface area contributed by atoms with Crippen LogP contribution in [-0.4, -0.2) is 21.0 Å². The molecule has 3 aromatic rings. The van der Waals surface area contributed by atoms with E-state index in [9.17, 15) is 22.0 Å². The molecule has 0 spiro atoms. The maximum Gasteiger partial charge on any atom is 0.573 e. The summed E-state index contributed by atoms with van der Waals surface area (Å²) in [6.45, 7) is 0. The van der Waals surface area contributed by atoms with Gasteiger partial charge in [0.15, 0.2) is 5.65 Å². The van der Waals surface area contributed by atoms with Crippen molar-refractivity contribution in [2.45, 2.75) is 12.8 Å². The van der Waals surface area contributed by atoms with Crippen LogP contribution in [0, 0.1) is 0 Å². The first kappa shape index (κ1) is 15.2. The summed E-state index contributed by atoms with van der Waals surface area (Å²) in [7, 11) is 0. The molecule has 2 aromatic heterocycles. The maximum absolute atomic E-state index is 12.8. The third-order valence-corrected chi connectivity index (χ3v) is 3.05. The van der Waals surface area contributed by atoms with Crippen LogP contribution in [0.25, 0.3) is 16.8 Å². The summed E-state index contributed by atoms with van der Waals surface area (Å²) in [6.07, 6.45) is -6.16. The van der Waals surface area contributed by atoms with Gasteiger partial charge in [0.25, 0.3) is 6.43 Å². The SMILES string of the molecule is FC(F)c1nnc2ccc(-c3ccc(OC(F)(F)F)cc3)cn12. The van der Waals surface area contributed by atoms with E-state index in [2.05, 4.69) is 14.9 Å². The number of fused-ring (bicyclic) bond motifs is 1. The molecule has 4 nitrogen and oxygen atoms in total. The normalized spacial score (nSPS) is 12.1.